The van der Waals surface area contributed by atoms with E-state index in [-0.39, 0.29) is 12.1 Å². The third kappa shape index (κ3) is 4.27. The van der Waals surface area contributed by atoms with Gasteiger partial charge < -0.3 is 9.47 Å². The molecule has 1 heterocycles. The molecule has 0 aromatic carbocycles. The molecule has 0 radical (unpaired) electrons. The van der Waals surface area contributed by atoms with Crippen molar-refractivity contribution in [3.05, 3.63) is 0 Å². The predicted octanol–water partition coefficient (Wildman–Crippen LogP) is 1.90. The van der Waals surface area contributed by atoms with Crippen LogP contribution in [0.2, 0.25) is 0 Å². The molecule has 0 amide bonds. The number of rotatable bonds is 4. The lowest BCUT2D eigenvalue weighted by atomic mass is 10.1. The van der Waals surface area contributed by atoms with Crippen LogP contribution < -0.4 is 0 Å². The quantitative estimate of drug-likeness (QED) is 0.497. The molecule has 3 heteroatoms. The van der Waals surface area contributed by atoms with Gasteiger partial charge in [-0.15, -0.1) is 0 Å². The van der Waals surface area contributed by atoms with E-state index in [2.05, 4.69) is 0 Å². The van der Waals surface area contributed by atoms with E-state index < -0.39 is 0 Å². The standard InChI is InChI=1S/C10H18O3/c1-2-12-8-7-9-5-3-4-6-10(11)13-9/h9H,2-8H2,1H3. The fraction of sp³-hybridized carbons (Fsp3) is 0.900. The lowest BCUT2D eigenvalue weighted by Gasteiger charge is -2.14. The molecule has 0 aromatic heterocycles. The van der Waals surface area contributed by atoms with Gasteiger partial charge in [0.2, 0.25) is 0 Å². The monoisotopic (exact) mass is 186 g/mol. The summed E-state index contributed by atoms with van der Waals surface area (Å²) in [5, 5.41) is 0. The third-order valence-electron chi connectivity index (χ3n) is 2.24. The Hall–Kier alpha value is -0.570. The minimum atomic E-state index is -0.0426. The maximum atomic E-state index is 11.1. The van der Waals surface area contributed by atoms with Crippen molar-refractivity contribution in [2.45, 2.75) is 45.1 Å². The molecule has 1 fully saturated rings. The molecule has 13 heavy (non-hydrogen) atoms. The lowest BCUT2D eigenvalue weighted by Crippen LogP contribution is -2.17. The van der Waals surface area contributed by atoms with E-state index in [4.69, 9.17) is 9.47 Å². The second kappa shape index (κ2) is 5.97. The fourth-order valence-corrected chi connectivity index (χ4v) is 1.51. The van der Waals surface area contributed by atoms with Crippen molar-refractivity contribution >= 4 is 5.97 Å². The van der Waals surface area contributed by atoms with E-state index >= 15 is 0 Å². The molecule has 1 aliphatic heterocycles. The minimum absolute atomic E-state index is 0.0426. The molecule has 1 rings (SSSR count). The summed E-state index contributed by atoms with van der Waals surface area (Å²) in [6.45, 7) is 3.41. The van der Waals surface area contributed by atoms with E-state index in [1.807, 2.05) is 6.92 Å². The van der Waals surface area contributed by atoms with E-state index in [1.165, 1.54) is 0 Å². The van der Waals surface area contributed by atoms with Gasteiger partial charge in [0.25, 0.3) is 0 Å². The Kier molecular flexibility index (Phi) is 4.83. The summed E-state index contributed by atoms with van der Waals surface area (Å²) >= 11 is 0. The van der Waals surface area contributed by atoms with Crippen molar-refractivity contribution < 1.29 is 14.3 Å². The van der Waals surface area contributed by atoms with Gasteiger partial charge in [0.05, 0.1) is 6.61 Å². The second-order valence-electron chi connectivity index (χ2n) is 3.34. The molecule has 0 aromatic rings. The van der Waals surface area contributed by atoms with E-state index in [0.29, 0.717) is 13.0 Å². The first-order valence-corrected chi connectivity index (χ1v) is 5.10. The first-order valence-electron chi connectivity index (χ1n) is 5.10. The molecular weight excluding hydrogens is 168 g/mol. The van der Waals surface area contributed by atoms with Gasteiger partial charge >= 0.3 is 5.97 Å². The minimum Gasteiger partial charge on any atom is -0.462 e. The van der Waals surface area contributed by atoms with Crippen LogP contribution in [0.4, 0.5) is 0 Å². The summed E-state index contributed by atoms with van der Waals surface area (Å²) in [5.74, 6) is -0.0426. The number of cyclic esters (lactones) is 1. The Morgan fingerprint density at radius 3 is 3.15 bits per heavy atom. The zero-order valence-electron chi connectivity index (χ0n) is 8.25. The predicted molar refractivity (Wildman–Crippen MR) is 49.5 cm³/mol. The highest BCUT2D eigenvalue weighted by Gasteiger charge is 2.17. The fourth-order valence-electron chi connectivity index (χ4n) is 1.51. The highest BCUT2D eigenvalue weighted by Crippen LogP contribution is 2.16. The molecule has 0 saturated carbocycles. The van der Waals surface area contributed by atoms with Gasteiger partial charge in [0.15, 0.2) is 0 Å². The number of esters is 1. The van der Waals surface area contributed by atoms with Crippen molar-refractivity contribution in [1.82, 2.24) is 0 Å². The Morgan fingerprint density at radius 1 is 1.54 bits per heavy atom. The van der Waals surface area contributed by atoms with Crippen molar-refractivity contribution in [3.8, 4) is 0 Å². The van der Waals surface area contributed by atoms with Crippen LogP contribution in [-0.2, 0) is 14.3 Å². The van der Waals surface area contributed by atoms with Crippen LogP contribution in [0.1, 0.15) is 39.0 Å². The normalized spacial score (nSPS) is 23.8. The number of hydrogen-bond donors (Lipinski definition) is 0. The van der Waals surface area contributed by atoms with Crippen LogP contribution in [0.5, 0.6) is 0 Å². The molecule has 0 spiro atoms. The van der Waals surface area contributed by atoms with Crippen molar-refractivity contribution in [3.63, 3.8) is 0 Å². The Morgan fingerprint density at radius 2 is 2.38 bits per heavy atom. The van der Waals surface area contributed by atoms with Crippen LogP contribution in [0.25, 0.3) is 0 Å². The highest BCUT2D eigenvalue weighted by molar-refractivity contribution is 5.69. The van der Waals surface area contributed by atoms with Crippen molar-refractivity contribution in [2.24, 2.45) is 0 Å². The molecule has 1 atom stereocenters. The molecule has 1 unspecified atom stereocenters. The summed E-state index contributed by atoms with van der Waals surface area (Å²) in [6, 6.07) is 0. The van der Waals surface area contributed by atoms with Gasteiger partial charge in [-0.2, -0.15) is 0 Å². The van der Waals surface area contributed by atoms with Crippen molar-refractivity contribution in [2.75, 3.05) is 13.2 Å². The molecule has 1 saturated heterocycles. The molecular formula is C10H18O3. The van der Waals surface area contributed by atoms with Crippen LogP contribution in [0.3, 0.4) is 0 Å². The maximum Gasteiger partial charge on any atom is 0.306 e. The first-order chi connectivity index (χ1) is 6.33. The largest absolute Gasteiger partial charge is 0.462 e. The number of hydrogen-bond acceptors (Lipinski definition) is 3. The first kappa shape index (κ1) is 10.5. The molecule has 1 aliphatic rings. The van der Waals surface area contributed by atoms with Crippen LogP contribution in [-0.4, -0.2) is 25.3 Å². The van der Waals surface area contributed by atoms with Gasteiger partial charge in [0, 0.05) is 19.4 Å². The Labute approximate surface area is 79.4 Å². The maximum absolute atomic E-state index is 11.1. The Balaban J connectivity index is 2.19. The molecule has 0 aliphatic carbocycles. The average Bonchev–Trinajstić information content (AvgIpc) is 2.31. The second-order valence-corrected chi connectivity index (χ2v) is 3.34. The number of carbonyl (C=O) groups excluding carboxylic acids is 1. The summed E-state index contributed by atoms with van der Waals surface area (Å²) in [4.78, 5) is 11.1. The molecule has 3 nitrogen and oxygen atoms in total. The van der Waals surface area contributed by atoms with Gasteiger partial charge in [-0.1, -0.05) is 0 Å². The molecule has 76 valence electrons. The van der Waals surface area contributed by atoms with Gasteiger partial charge in [-0.25, -0.2) is 0 Å². The third-order valence-corrected chi connectivity index (χ3v) is 2.24. The summed E-state index contributed by atoms with van der Waals surface area (Å²) in [6.07, 6.45) is 4.61. The zero-order valence-corrected chi connectivity index (χ0v) is 8.25. The summed E-state index contributed by atoms with van der Waals surface area (Å²) in [5.41, 5.74) is 0. The van der Waals surface area contributed by atoms with E-state index in [1.54, 1.807) is 0 Å². The number of carbonyl (C=O) groups is 1. The smallest absolute Gasteiger partial charge is 0.306 e. The summed E-state index contributed by atoms with van der Waals surface area (Å²) in [7, 11) is 0. The average molecular weight is 186 g/mol. The van der Waals surface area contributed by atoms with E-state index in [0.717, 1.165) is 32.3 Å². The van der Waals surface area contributed by atoms with Crippen LogP contribution in [0, 0.1) is 0 Å². The topological polar surface area (TPSA) is 35.5 Å². The van der Waals surface area contributed by atoms with Crippen molar-refractivity contribution in [1.29, 1.82) is 0 Å². The van der Waals surface area contributed by atoms with Gasteiger partial charge in [0.1, 0.15) is 6.10 Å². The molecule has 0 N–H and O–H groups in total. The van der Waals surface area contributed by atoms with Crippen LogP contribution >= 0.6 is 0 Å². The van der Waals surface area contributed by atoms with Gasteiger partial charge in [-0.05, 0) is 26.2 Å². The summed E-state index contributed by atoms with van der Waals surface area (Å²) < 4.78 is 10.5. The van der Waals surface area contributed by atoms with Crippen LogP contribution in [0.15, 0.2) is 0 Å². The van der Waals surface area contributed by atoms with Gasteiger partial charge in [-0.3, -0.25) is 4.79 Å². The SMILES string of the molecule is CCOCCC1CCCCC(=O)O1. The highest BCUT2D eigenvalue weighted by atomic mass is 16.5. The van der Waals surface area contributed by atoms with E-state index in [9.17, 15) is 4.79 Å². The lowest BCUT2D eigenvalue weighted by molar-refractivity contribution is -0.148. The zero-order chi connectivity index (χ0) is 9.52. The molecule has 0 bridgehead atoms. The Bertz CT molecular complexity index is 156. The number of ether oxygens (including phenoxy) is 2.